The SMILES string of the molecule is CCNC1CCCN(Cc2nncn2C)C1=O. The number of carbonyl (C=O) groups is 1. The van der Waals surface area contributed by atoms with E-state index in [2.05, 4.69) is 15.5 Å². The molecule has 0 aliphatic carbocycles. The van der Waals surface area contributed by atoms with Gasteiger partial charge in [0.2, 0.25) is 5.91 Å². The fraction of sp³-hybridized carbons (Fsp3) is 0.727. The van der Waals surface area contributed by atoms with Crippen molar-refractivity contribution in [3.05, 3.63) is 12.2 Å². The molecule has 0 bridgehead atoms. The molecule has 2 heterocycles. The Labute approximate surface area is 101 Å². The Morgan fingerprint density at radius 2 is 2.41 bits per heavy atom. The molecule has 0 radical (unpaired) electrons. The zero-order valence-electron chi connectivity index (χ0n) is 10.4. The monoisotopic (exact) mass is 237 g/mol. The molecule has 94 valence electrons. The van der Waals surface area contributed by atoms with Gasteiger partial charge in [-0.15, -0.1) is 10.2 Å². The Morgan fingerprint density at radius 3 is 3.06 bits per heavy atom. The Hall–Kier alpha value is -1.43. The summed E-state index contributed by atoms with van der Waals surface area (Å²) in [5, 5.41) is 11.1. The average molecular weight is 237 g/mol. The summed E-state index contributed by atoms with van der Waals surface area (Å²) in [6.45, 7) is 4.22. The molecule has 0 spiro atoms. The number of piperidine rings is 1. The van der Waals surface area contributed by atoms with Gasteiger partial charge in [0, 0.05) is 13.6 Å². The van der Waals surface area contributed by atoms with E-state index in [-0.39, 0.29) is 11.9 Å². The molecule has 0 saturated carbocycles. The van der Waals surface area contributed by atoms with Gasteiger partial charge in [0.15, 0.2) is 5.82 Å². The van der Waals surface area contributed by atoms with Crippen LogP contribution in [0.1, 0.15) is 25.6 Å². The van der Waals surface area contributed by atoms with Crippen molar-refractivity contribution in [2.45, 2.75) is 32.4 Å². The lowest BCUT2D eigenvalue weighted by atomic mass is 10.0. The molecule has 17 heavy (non-hydrogen) atoms. The molecule has 1 N–H and O–H groups in total. The van der Waals surface area contributed by atoms with E-state index >= 15 is 0 Å². The summed E-state index contributed by atoms with van der Waals surface area (Å²) in [7, 11) is 1.89. The molecule has 1 saturated heterocycles. The molecule has 1 aromatic heterocycles. The van der Waals surface area contributed by atoms with Crippen molar-refractivity contribution in [3.63, 3.8) is 0 Å². The first-order valence-electron chi connectivity index (χ1n) is 6.07. The van der Waals surface area contributed by atoms with Crippen molar-refractivity contribution < 1.29 is 4.79 Å². The van der Waals surface area contributed by atoms with E-state index in [1.807, 2.05) is 23.4 Å². The fourth-order valence-corrected chi connectivity index (χ4v) is 2.15. The summed E-state index contributed by atoms with van der Waals surface area (Å²) < 4.78 is 1.85. The van der Waals surface area contributed by atoms with E-state index in [1.165, 1.54) is 0 Å². The zero-order chi connectivity index (χ0) is 12.3. The first kappa shape index (κ1) is 12.0. The lowest BCUT2D eigenvalue weighted by Crippen LogP contribution is -2.50. The van der Waals surface area contributed by atoms with E-state index in [0.29, 0.717) is 6.54 Å². The summed E-state index contributed by atoms with van der Waals surface area (Å²) in [5.41, 5.74) is 0. The number of nitrogens with one attached hydrogen (secondary N) is 1. The van der Waals surface area contributed by atoms with Crippen LogP contribution in [0, 0.1) is 0 Å². The first-order valence-corrected chi connectivity index (χ1v) is 6.07. The molecule has 1 aliphatic heterocycles. The number of aryl methyl sites for hydroxylation is 1. The molecule has 1 fully saturated rings. The number of hydrogen-bond donors (Lipinski definition) is 1. The summed E-state index contributed by atoms with van der Waals surface area (Å²) in [4.78, 5) is 14.0. The maximum atomic E-state index is 12.2. The number of rotatable bonds is 4. The first-order chi connectivity index (χ1) is 8.22. The summed E-state index contributed by atoms with van der Waals surface area (Å²) >= 11 is 0. The molecule has 1 unspecified atom stereocenters. The molecule has 1 atom stereocenters. The van der Waals surface area contributed by atoms with Crippen LogP contribution in [0.15, 0.2) is 6.33 Å². The lowest BCUT2D eigenvalue weighted by molar-refractivity contribution is -0.136. The highest BCUT2D eigenvalue weighted by atomic mass is 16.2. The van der Waals surface area contributed by atoms with Crippen LogP contribution in [0.3, 0.4) is 0 Å². The van der Waals surface area contributed by atoms with Crippen LogP contribution in [-0.2, 0) is 18.4 Å². The smallest absolute Gasteiger partial charge is 0.240 e. The van der Waals surface area contributed by atoms with E-state index in [1.54, 1.807) is 6.33 Å². The third-order valence-electron chi connectivity index (χ3n) is 3.12. The van der Waals surface area contributed by atoms with Gasteiger partial charge in [0.1, 0.15) is 6.33 Å². The molecule has 1 aromatic rings. The normalized spacial score (nSPS) is 20.9. The van der Waals surface area contributed by atoms with Gasteiger partial charge in [-0.2, -0.15) is 0 Å². The Balaban J connectivity index is 2.01. The average Bonchev–Trinajstić information content (AvgIpc) is 2.70. The van der Waals surface area contributed by atoms with Crippen molar-refractivity contribution in [2.75, 3.05) is 13.1 Å². The number of likely N-dealkylation sites (tertiary alicyclic amines) is 1. The topological polar surface area (TPSA) is 63.0 Å². The number of aromatic nitrogens is 3. The Kier molecular flexibility index (Phi) is 3.73. The maximum absolute atomic E-state index is 12.2. The molecule has 6 nitrogen and oxygen atoms in total. The Bertz CT molecular complexity index is 387. The van der Waals surface area contributed by atoms with Gasteiger partial charge >= 0.3 is 0 Å². The van der Waals surface area contributed by atoms with Crippen molar-refractivity contribution in [1.29, 1.82) is 0 Å². The van der Waals surface area contributed by atoms with Crippen molar-refractivity contribution in [2.24, 2.45) is 7.05 Å². The summed E-state index contributed by atoms with van der Waals surface area (Å²) in [6.07, 6.45) is 3.63. The molecule has 2 rings (SSSR count). The van der Waals surface area contributed by atoms with Gasteiger partial charge < -0.3 is 14.8 Å². The molecular weight excluding hydrogens is 218 g/mol. The minimum absolute atomic E-state index is 0.0259. The van der Waals surface area contributed by atoms with Crippen molar-refractivity contribution >= 4 is 5.91 Å². The summed E-state index contributed by atoms with van der Waals surface area (Å²) in [6, 6.07) is -0.0259. The molecular formula is C11H19N5O. The van der Waals surface area contributed by atoms with Crippen molar-refractivity contribution in [3.8, 4) is 0 Å². The van der Waals surface area contributed by atoms with E-state index in [9.17, 15) is 4.79 Å². The minimum atomic E-state index is -0.0259. The highest BCUT2D eigenvalue weighted by Crippen LogP contribution is 2.13. The quantitative estimate of drug-likeness (QED) is 0.795. The van der Waals surface area contributed by atoms with Gasteiger partial charge in [-0.1, -0.05) is 6.92 Å². The maximum Gasteiger partial charge on any atom is 0.240 e. The number of nitrogens with zero attached hydrogens (tertiary/aromatic N) is 4. The van der Waals surface area contributed by atoms with E-state index < -0.39 is 0 Å². The van der Waals surface area contributed by atoms with Crippen LogP contribution in [0.25, 0.3) is 0 Å². The largest absolute Gasteiger partial charge is 0.334 e. The highest BCUT2D eigenvalue weighted by Gasteiger charge is 2.28. The minimum Gasteiger partial charge on any atom is -0.334 e. The molecule has 1 aliphatic rings. The van der Waals surface area contributed by atoms with Crippen LogP contribution < -0.4 is 5.32 Å². The second kappa shape index (κ2) is 5.27. The van der Waals surface area contributed by atoms with Crippen LogP contribution in [0.4, 0.5) is 0 Å². The third kappa shape index (κ3) is 2.63. The Morgan fingerprint density at radius 1 is 1.59 bits per heavy atom. The number of hydrogen-bond acceptors (Lipinski definition) is 4. The van der Waals surface area contributed by atoms with Gasteiger partial charge in [-0.3, -0.25) is 4.79 Å². The standard InChI is InChI=1S/C11H19N5O/c1-3-12-9-5-4-6-16(11(9)17)7-10-14-13-8-15(10)2/h8-9,12H,3-7H2,1-2H3. The molecule has 0 aromatic carbocycles. The van der Waals surface area contributed by atoms with Gasteiger partial charge in [-0.25, -0.2) is 0 Å². The zero-order valence-corrected chi connectivity index (χ0v) is 10.4. The number of amides is 1. The highest BCUT2D eigenvalue weighted by molar-refractivity contribution is 5.82. The van der Waals surface area contributed by atoms with E-state index in [0.717, 1.165) is 31.8 Å². The molecule has 6 heteroatoms. The van der Waals surface area contributed by atoms with Gasteiger partial charge in [0.05, 0.1) is 12.6 Å². The van der Waals surface area contributed by atoms with Crippen LogP contribution in [-0.4, -0.2) is 44.7 Å². The second-order valence-corrected chi connectivity index (χ2v) is 4.37. The van der Waals surface area contributed by atoms with E-state index in [4.69, 9.17) is 0 Å². The summed E-state index contributed by atoms with van der Waals surface area (Å²) in [5.74, 6) is 1.01. The predicted molar refractivity (Wildman–Crippen MR) is 63.1 cm³/mol. The van der Waals surface area contributed by atoms with Crippen molar-refractivity contribution in [1.82, 2.24) is 25.0 Å². The fourth-order valence-electron chi connectivity index (χ4n) is 2.15. The van der Waals surface area contributed by atoms with Gasteiger partial charge in [-0.05, 0) is 19.4 Å². The number of carbonyl (C=O) groups excluding carboxylic acids is 1. The molecule has 1 amide bonds. The van der Waals surface area contributed by atoms with Gasteiger partial charge in [0.25, 0.3) is 0 Å². The lowest BCUT2D eigenvalue weighted by Gasteiger charge is -2.32. The second-order valence-electron chi connectivity index (χ2n) is 4.37. The van der Waals surface area contributed by atoms with Crippen LogP contribution >= 0.6 is 0 Å². The van der Waals surface area contributed by atoms with Crippen LogP contribution in [0.2, 0.25) is 0 Å². The van der Waals surface area contributed by atoms with Crippen LogP contribution in [0.5, 0.6) is 0 Å². The number of likely N-dealkylation sites (N-methyl/N-ethyl adjacent to an activating group) is 1. The predicted octanol–water partition coefficient (Wildman–Crippen LogP) is -0.0844. The third-order valence-corrected chi connectivity index (χ3v) is 3.12.